The van der Waals surface area contributed by atoms with Crippen molar-refractivity contribution in [2.75, 3.05) is 19.6 Å². The predicted molar refractivity (Wildman–Crippen MR) is 75.5 cm³/mol. The molecule has 1 atom stereocenters. The maximum absolute atomic E-state index is 12.4. The summed E-state index contributed by atoms with van der Waals surface area (Å²) in [6, 6.07) is 6.13. The first kappa shape index (κ1) is 14.9. The Morgan fingerprint density at radius 3 is 2.95 bits per heavy atom. The Morgan fingerprint density at radius 2 is 2.29 bits per heavy atom. The Morgan fingerprint density at radius 1 is 1.52 bits per heavy atom. The first-order valence-electron chi connectivity index (χ1n) is 6.78. The second kappa shape index (κ2) is 6.27. The number of carbonyl (C=O) groups is 2. The van der Waals surface area contributed by atoms with E-state index in [4.69, 9.17) is 5.26 Å². The van der Waals surface area contributed by atoms with Crippen molar-refractivity contribution >= 4 is 11.8 Å². The van der Waals surface area contributed by atoms with Crippen LogP contribution in [0.25, 0.3) is 0 Å². The average molecular weight is 287 g/mol. The largest absolute Gasteiger partial charge is 0.507 e. The molecule has 0 unspecified atom stereocenters. The zero-order chi connectivity index (χ0) is 15.4. The SMILES string of the molecule is CC(=O)NC[C@@H]1CCN(C(=O)c2ccc(O)c(C#N)c2)C1. The fraction of sp³-hybridized carbons (Fsp3) is 0.400. The van der Waals surface area contributed by atoms with Gasteiger partial charge in [-0.05, 0) is 30.5 Å². The third-order valence-corrected chi connectivity index (χ3v) is 3.58. The van der Waals surface area contributed by atoms with Gasteiger partial charge in [-0.15, -0.1) is 0 Å². The highest BCUT2D eigenvalue weighted by atomic mass is 16.3. The quantitative estimate of drug-likeness (QED) is 0.862. The number of aromatic hydroxyl groups is 1. The molecule has 0 aliphatic carbocycles. The number of likely N-dealkylation sites (tertiary alicyclic amines) is 1. The zero-order valence-corrected chi connectivity index (χ0v) is 11.8. The minimum atomic E-state index is -0.156. The van der Waals surface area contributed by atoms with E-state index in [1.807, 2.05) is 6.07 Å². The number of rotatable bonds is 3. The molecule has 1 aromatic carbocycles. The van der Waals surface area contributed by atoms with Gasteiger partial charge in [0, 0.05) is 32.1 Å². The number of benzene rings is 1. The molecule has 21 heavy (non-hydrogen) atoms. The van der Waals surface area contributed by atoms with E-state index in [0.29, 0.717) is 25.2 Å². The van der Waals surface area contributed by atoms with Crippen LogP contribution in [0.15, 0.2) is 18.2 Å². The topological polar surface area (TPSA) is 93.4 Å². The van der Waals surface area contributed by atoms with Gasteiger partial charge >= 0.3 is 0 Å². The summed E-state index contributed by atoms with van der Waals surface area (Å²) < 4.78 is 0. The van der Waals surface area contributed by atoms with E-state index in [9.17, 15) is 14.7 Å². The molecule has 110 valence electrons. The summed E-state index contributed by atoms with van der Waals surface area (Å²) in [5.41, 5.74) is 0.486. The van der Waals surface area contributed by atoms with Crippen LogP contribution in [0.2, 0.25) is 0 Å². The molecule has 0 saturated carbocycles. The maximum Gasteiger partial charge on any atom is 0.253 e. The average Bonchev–Trinajstić information content (AvgIpc) is 2.93. The van der Waals surface area contributed by atoms with Gasteiger partial charge in [-0.2, -0.15) is 5.26 Å². The van der Waals surface area contributed by atoms with E-state index in [-0.39, 0.29) is 29.0 Å². The standard InChI is InChI=1S/C15H17N3O3/c1-10(19)17-8-11-4-5-18(9-11)15(21)12-2-3-14(20)13(6-12)7-16/h2-3,6,11,20H,4-5,8-9H2,1H3,(H,17,19)/t11-/m0/s1. The predicted octanol–water partition coefficient (Wildman–Crippen LogP) is 0.862. The molecule has 1 heterocycles. The van der Waals surface area contributed by atoms with Crippen LogP contribution >= 0.6 is 0 Å². The lowest BCUT2D eigenvalue weighted by molar-refractivity contribution is -0.119. The third-order valence-electron chi connectivity index (χ3n) is 3.58. The Balaban J connectivity index is 2.02. The van der Waals surface area contributed by atoms with Crippen LogP contribution in [-0.4, -0.2) is 41.5 Å². The summed E-state index contributed by atoms with van der Waals surface area (Å²) in [5.74, 6) is -0.0989. The molecule has 0 spiro atoms. The summed E-state index contributed by atoms with van der Waals surface area (Å²) in [4.78, 5) is 25.0. The van der Waals surface area contributed by atoms with Gasteiger partial charge in [0.2, 0.25) is 5.91 Å². The normalized spacial score (nSPS) is 17.3. The summed E-state index contributed by atoms with van der Waals surface area (Å²) in [5, 5.41) is 21.1. The van der Waals surface area contributed by atoms with E-state index >= 15 is 0 Å². The number of nitriles is 1. The molecular weight excluding hydrogens is 270 g/mol. The molecule has 2 N–H and O–H groups in total. The van der Waals surface area contributed by atoms with Crippen molar-refractivity contribution in [2.24, 2.45) is 5.92 Å². The molecule has 1 fully saturated rings. The van der Waals surface area contributed by atoms with Crippen molar-refractivity contribution in [2.45, 2.75) is 13.3 Å². The van der Waals surface area contributed by atoms with E-state index in [1.54, 1.807) is 4.90 Å². The summed E-state index contributed by atoms with van der Waals surface area (Å²) in [6.45, 7) is 3.25. The molecule has 6 heteroatoms. The van der Waals surface area contributed by atoms with E-state index in [1.165, 1.54) is 25.1 Å². The molecule has 0 aromatic heterocycles. The molecular formula is C15H17N3O3. The van der Waals surface area contributed by atoms with Gasteiger partial charge in [-0.3, -0.25) is 9.59 Å². The van der Waals surface area contributed by atoms with Gasteiger partial charge in [0.1, 0.15) is 11.8 Å². The van der Waals surface area contributed by atoms with Gasteiger partial charge in [0.15, 0.2) is 0 Å². The Kier molecular flexibility index (Phi) is 4.43. The smallest absolute Gasteiger partial charge is 0.253 e. The molecule has 1 saturated heterocycles. The minimum Gasteiger partial charge on any atom is -0.507 e. The van der Waals surface area contributed by atoms with Crippen molar-refractivity contribution in [1.29, 1.82) is 5.26 Å². The number of nitrogens with zero attached hydrogens (tertiary/aromatic N) is 2. The lowest BCUT2D eigenvalue weighted by Gasteiger charge is -2.17. The number of carbonyl (C=O) groups excluding carboxylic acids is 2. The number of hydrogen-bond acceptors (Lipinski definition) is 4. The van der Waals surface area contributed by atoms with Crippen molar-refractivity contribution in [1.82, 2.24) is 10.2 Å². The zero-order valence-electron chi connectivity index (χ0n) is 11.8. The van der Waals surface area contributed by atoms with Gasteiger partial charge in [0.05, 0.1) is 5.56 Å². The van der Waals surface area contributed by atoms with E-state index in [0.717, 1.165) is 6.42 Å². The van der Waals surface area contributed by atoms with Crippen LogP contribution in [0.5, 0.6) is 5.75 Å². The monoisotopic (exact) mass is 287 g/mol. The van der Waals surface area contributed by atoms with Crippen molar-refractivity contribution in [3.8, 4) is 11.8 Å². The fourth-order valence-corrected chi connectivity index (χ4v) is 2.41. The van der Waals surface area contributed by atoms with Gasteiger partial charge in [0.25, 0.3) is 5.91 Å². The molecule has 6 nitrogen and oxygen atoms in total. The van der Waals surface area contributed by atoms with E-state index in [2.05, 4.69) is 5.32 Å². The number of phenols is 1. The molecule has 0 radical (unpaired) electrons. The molecule has 0 bridgehead atoms. The molecule has 2 rings (SSSR count). The third kappa shape index (κ3) is 3.51. The Bertz CT molecular complexity index is 607. The number of nitrogens with one attached hydrogen (secondary N) is 1. The number of phenolic OH excluding ortho intramolecular Hbond substituents is 1. The highest BCUT2D eigenvalue weighted by Gasteiger charge is 2.27. The fourth-order valence-electron chi connectivity index (χ4n) is 2.41. The van der Waals surface area contributed by atoms with Crippen molar-refractivity contribution in [3.63, 3.8) is 0 Å². The van der Waals surface area contributed by atoms with Crippen LogP contribution in [0.4, 0.5) is 0 Å². The van der Waals surface area contributed by atoms with E-state index < -0.39 is 0 Å². The summed E-state index contributed by atoms with van der Waals surface area (Å²) in [6.07, 6.45) is 0.842. The lowest BCUT2D eigenvalue weighted by Crippen LogP contribution is -2.32. The molecule has 1 aliphatic rings. The second-order valence-corrected chi connectivity index (χ2v) is 5.19. The Hall–Kier alpha value is -2.55. The number of hydrogen-bond donors (Lipinski definition) is 2. The number of amides is 2. The molecule has 1 aliphatic heterocycles. The van der Waals surface area contributed by atoms with Crippen LogP contribution in [-0.2, 0) is 4.79 Å². The highest BCUT2D eigenvalue weighted by Crippen LogP contribution is 2.22. The lowest BCUT2D eigenvalue weighted by atomic mass is 10.1. The summed E-state index contributed by atoms with van der Waals surface area (Å²) >= 11 is 0. The van der Waals surface area contributed by atoms with Crippen LogP contribution < -0.4 is 5.32 Å². The first-order chi connectivity index (χ1) is 10.0. The summed E-state index contributed by atoms with van der Waals surface area (Å²) in [7, 11) is 0. The van der Waals surface area contributed by atoms with Crippen LogP contribution in [0.1, 0.15) is 29.3 Å². The van der Waals surface area contributed by atoms with Gasteiger partial charge in [-0.1, -0.05) is 0 Å². The first-order valence-corrected chi connectivity index (χ1v) is 6.78. The second-order valence-electron chi connectivity index (χ2n) is 5.19. The Labute approximate surface area is 123 Å². The van der Waals surface area contributed by atoms with Crippen LogP contribution in [0, 0.1) is 17.2 Å². The van der Waals surface area contributed by atoms with Crippen molar-refractivity contribution in [3.05, 3.63) is 29.3 Å². The van der Waals surface area contributed by atoms with Gasteiger partial charge in [-0.25, -0.2) is 0 Å². The van der Waals surface area contributed by atoms with Crippen molar-refractivity contribution < 1.29 is 14.7 Å². The molecule has 1 aromatic rings. The highest BCUT2D eigenvalue weighted by molar-refractivity contribution is 5.95. The van der Waals surface area contributed by atoms with Gasteiger partial charge < -0.3 is 15.3 Å². The maximum atomic E-state index is 12.4. The minimum absolute atomic E-state index is 0.0722. The van der Waals surface area contributed by atoms with Crippen LogP contribution in [0.3, 0.4) is 0 Å². The molecule has 2 amide bonds.